The van der Waals surface area contributed by atoms with E-state index in [0.717, 1.165) is 35.4 Å². The van der Waals surface area contributed by atoms with Crippen molar-refractivity contribution in [2.75, 3.05) is 18.0 Å². The fraction of sp³-hybridized carbons (Fsp3) is 0.438. The van der Waals surface area contributed by atoms with E-state index in [-0.39, 0.29) is 12.2 Å². The molecule has 106 valence electrons. The third-order valence-corrected chi connectivity index (χ3v) is 3.93. The summed E-state index contributed by atoms with van der Waals surface area (Å²) in [5, 5.41) is 1.14. The minimum Gasteiger partial charge on any atom is -0.372 e. The number of ether oxygens (including phenoxy) is 1. The summed E-state index contributed by atoms with van der Waals surface area (Å²) in [4.78, 5) is 7.12. The number of rotatable bonds is 2. The number of alkyl halides is 1. The molecule has 2 unspecified atom stereocenters. The smallest absolute Gasteiger partial charge is 0.133 e. The van der Waals surface area contributed by atoms with Crippen LogP contribution in [0.2, 0.25) is 0 Å². The van der Waals surface area contributed by atoms with Crippen LogP contribution < -0.4 is 4.90 Å². The zero-order valence-electron chi connectivity index (χ0n) is 11.8. The fourth-order valence-electron chi connectivity index (χ4n) is 2.87. The molecule has 3 nitrogen and oxygen atoms in total. The van der Waals surface area contributed by atoms with Gasteiger partial charge >= 0.3 is 0 Å². The largest absolute Gasteiger partial charge is 0.372 e. The molecule has 0 N–H and O–H groups in total. The number of hydrogen-bond donors (Lipinski definition) is 0. The summed E-state index contributed by atoms with van der Waals surface area (Å²) in [6, 6.07) is 10.3. The maximum atomic E-state index is 6.13. The zero-order chi connectivity index (χ0) is 14.1. The number of morpholine rings is 1. The van der Waals surface area contributed by atoms with Crippen molar-refractivity contribution in [3.05, 3.63) is 35.9 Å². The first-order chi connectivity index (χ1) is 9.67. The van der Waals surface area contributed by atoms with E-state index in [1.165, 1.54) is 0 Å². The summed E-state index contributed by atoms with van der Waals surface area (Å²) >= 11 is 6.13. The maximum Gasteiger partial charge on any atom is 0.133 e. The molecule has 1 aromatic heterocycles. The predicted octanol–water partition coefficient (Wildman–Crippen LogP) is 3.59. The Morgan fingerprint density at radius 1 is 1.25 bits per heavy atom. The molecule has 0 bridgehead atoms. The first-order valence-electron chi connectivity index (χ1n) is 7.02. The molecule has 2 aromatic rings. The highest BCUT2D eigenvalue weighted by molar-refractivity contribution is 6.17. The van der Waals surface area contributed by atoms with Gasteiger partial charge in [-0.3, -0.25) is 0 Å². The molecule has 1 saturated heterocycles. The summed E-state index contributed by atoms with van der Waals surface area (Å²) in [6.45, 7) is 5.92. The molecule has 0 spiro atoms. The monoisotopic (exact) mass is 290 g/mol. The third kappa shape index (κ3) is 2.60. The number of nitrogens with zero attached hydrogens (tertiary/aromatic N) is 2. The van der Waals surface area contributed by atoms with Crippen molar-refractivity contribution in [2.24, 2.45) is 0 Å². The quantitative estimate of drug-likeness (QED) is 0.791. The normalized spacial score (nSPS) is 23.2. The number of benzene rings is 1. The lowest BCUT2D eigenvalue weighted by Gasteiger charge is -2.37. The van der Waals surface area contributed by atoms with E-state index in [1.54, 1.807) is 0 Å². The van der Waals surface area contributed by atoms with E-state index in [0.29, 0.717) is 5.88 Å². The second-order valence-corrected chi connectivity index (χ2v) is 5.73. The van der Waals surface area contributed by atoms with Crippen LogP contribution in [-0.2, 0) is 10.6 Å². The molecule has 1 aromatic carbocycles. The van der Waals surface area contributed by atoms with Crippen LogP contribution in [0.4, 0.5) is 5.82 Å². The van der Waals surface area contributed by atoms with Crippen LogP contribution in [0.15, 0.2) is 30.3 Å². The first-order valence-corrected chi connectivity index (χ1v) is 7.56. The van der Waals surface area contributed by atoms with E-state index in [9.17, 15) is 0 Å². The Morgan fingerprint density at radius 3 is 2.65 bits per heavy atom. The fourth-order valence-corrected chi connectivity index (χ4v) is 3.07. The highest BCUT2D eigenvalue weighted by Crippen LogP contribution is 2.27. The van der Waals surface area contributed by atoms with E-state index in [2.05, 4.69) is 30.9 Å². The molecule has 0 radical (unpaired) electrons. The van der Waals surface area contributed by atoms with Gasteiger partial charge in [0.1, 0.15) is 5.82 Å². The number of anilines is 1. The van der Waals surface area contributed by atoms with Gasteiger partial charge in [0, 0.05) is 24.0 Å². The number of pyridine rings is 1. The Labute approximate surface area is 124 Å². The molecule has 3 rings (SSSR count). The van der Waals surface area contributed by atoms with Gasteiger partial charge in [-0.15, -0.1) is 11.6 Å². The van der Waals surface area contributed by atoms with Crippen molar-refractivity contribution < 1.29 is 4.74 Å². The number of para-hydroxylation sites is 1. The molecular weight excluding hydrogens is 272 g/mol. The van der Waals surface area contributed by atoms with Crippen LogP contribution in [0, 0.1) is 0 Å². The second-order valence-electron chi connectivity index (χ2n) is 5.46. The van der Waals surface area contributed by atoms with Crippen LogP contribution in [0.5, 0.6) is 0 Å². The van der Waals surface area contributed by atoms with Gasteiger partial charge in [0.15, 0.2) is 0 Å². The topological polar surface area (TPSA) is 25.4 Å². The molecule has 0 aliphatic carbocycles. The second kappa shape index (κ2) is 5.58. The Balaban J connectivity index is 2.04. The Bertz CT molecular complexity index is 606. The average molecular weight is 291 g/mol. The maximum absolute atomic E-state index is 6.13. The Kier molecular flexibility index (Phi) is 3.81. The summed E-state index contributed by atoms with van der Waals surface area (Å²) in [6.07, 6.45) is 0.436. The summed E-state index contributed by atoms with van der Waals surface area (Å²) in [5.41, 5.74) is 2.11. The number of aromatic nitrogens is 1. The molecule has 0 amide bonds. The first kappa shape index (κ1) is 13.7. The minimum atomic E-state index is 0.218. The van der Waals surface area contributed by atoms with Gasteiger partial charge in [0.2, 0.25) is 0 Å². The third-order valence-electron chi connectivity index (χ3n) is 3.64. The van der Waals surface area contributed by atoms with E-state index < -0.39 is 0 Å². The van der Waals surface area contributed by atoms with Gasteiger partial charge in [0.05, 0.1) is 23.6 Å². The van der Waals surface area contributed by atoms with E-state index in [4.69, 9.17) is 21.3 Å². The SMILES string of the molecule is CC1CN(c2nc3ccccc3cc2CCl)CC(C)O1. The van der Waals surface area contributed by atoms with Gasteiger partial charge in [-0.1, -0.05) is 18.2 Å². The van der Waals surface area contributed by atoms with Crippen LogP contribution in [0.25, 0.3) is 10.9 Å². The molecule has 1 fully saturated rings. The van der Waals surface area contributed by atoms with Crippen LogP contribution in [-0.4, -0.2) is 30.3 Å². The highest BCUT2D eigenvalue weighted by atomic mass is 35.5. The molecular formula is C16H19ClN2O. The van der Waals surface area contributed by atoms with Gasteiger partial charge in [-0.2, -0.15) is 0 Å². The molecule has 1 aliphatic rings. The predicted molar refractivity (Wildman–Crippen MR) is 83.5 cm³/mol. The summed E-state index contributed by atoms with van der Waals surface area (Å²) in [7, 11) is 0. The standard InChI is InChI=1S/C16H19ClN2O/c1-11-9-19(10-12(2)20-11)16-14(8-17)7-13-5-3-4-6-15(13)18-16/h3-7,11-12H,8-10H2,1-2H3. The lowest BCUT2D eigenvalue weighted by molar-refractivity contribution is -0.00547. The van der Waals surface area contributed by atoms with Crippen LogP contribution in [0.3, 0.4) is 0 Å². The van der Waals surface area contributed by atoms with Crippen molar-refractivity contribution in [3.8, 4) is 0 Å². The van der Waals surface area contributed by atoms with Crippen LogP contribution >= 0.6 is 11.6 Å². The average Bonchev–Trinajstić information content (AvgIpc) is 2.44. The molecule has 2 atom stereocenters. The van der Waals surface area contributed by atoms with Gasteiger partial charge in [-0.05, 0) is 26.0 Å². The van der Waals surface area contributed by atoms with Gasteiger partial charge in [0.25, 0.3) is 0 Å². The van der Waals surface area contributed by atoms with Crippen molar-refractivity contribution in [1.29, 1.82) is 0 Å². The van der Waals surface area contributed by atoms with Crippen molar-refractivity contribution in [1.82, 2.24) is 4.98 Å². The Hall–Kier alpha value is -1.32. The summed E-state index contributed by atoms with van der Waals surface area (Å²) in [5.74, 6) is 1.48. The van der Waals surface area contributed by atoms with Crippen molar-refractivity contribution in [2.45, 2.75) is 31.9 Å². The Morgan fingerprint density at radius 2 is 1.95 bits per heavy atom. The minimum absolute atomic E-state index is 0.218. The highest BCUT2D eigenvalue weighted by Gasteiger charge is 2.25. The lowest BCUT2D eigenvalue weighted by atomic mass is 10.1. The molecule has 1 aliphatic heterocycles. The van der Waals surface area contributed by atoms with Gasteiger partial charge in [-0.25, -0.2) is 4.98 Å². The number of hydrogen-bond acceptors (Lipinski definition) is 3. The number of fused-ring (bicyclic) bond motifs is 1. The van der Waals surface area contributed by atoms with E-state index >= 15 is 0 Å². The molecule has 4 heteroatoms. The zero-order valence-corrected chi connectivity index (χ0v) is 12.6. The van der Waals surface area contributed by atoms with Crippen molar-refractivity contribution in [3.63, 3.8) is 0 Å². The van der Waals surface area contributed by atoms with Gasteiger partial charge < -0.3 is 9.64 Å². The van der Waals surface area contributed by atoms with Crippen LogP contribution in [0.1, 0.15) is 19.4 Å². The molecule has 2 heterocycles. The lowest BCUT2D eigenvalue weighted by Crippen LogP contribution is -2.46. The summed E-state index contributed by atoms with van der Waals surface area (Å²) < 4.78 is 5.80. The number of halogens is 1. The van der Waals surface area contributed by atoms with E-state index in [1.807, 2.05) is 18.2 Å². The molecule has 20 heavy (non-hydrogen) atoms. The molecule has 0 saturated carbocycles. The van der Waals surface area contributed by atoms with Crippen molar-refractivity contribution >= 4 is 28.3 Å².